The standard InChI is InChI=1S/C59H107N2O6P/c1-6-8-10-12-14-16-18-20-22-24-26-27-28-29-30-31-32-33-35-37-39-41-43-45-47-49-51-53-59(63)60-57(56-67-68(64,65)66-55-54-61(3,4)5)58(62)52-50-48-46-44-42-40-38-36-34-25-23-21-19-17-15-13-11-9-7-2/h8,10,14,16,20,22,26-27,34,36,42,44,50,52,57-58,62H,6-7,9,11-13,15,17-19,21,23-25,28-33,35,37-41,43,45-49,51,53-56H2,1-5H3,(H-,60,63,64,65)/b10-8-,16-14-,22-20-,27-26-,36-34+,44-42+,52-50+. The Labute approximate surface area is 420 Å². The van der Waals surface area contributed by atoms with Gasteiger partial charge in [-0.15, -0.1) is 0 Å². The predicted molar refractivity (Wildman–Crippen MR) is 293 cm³/mol. The normalized spacial score (nSPS) is 14.6. The molecular weight excluding hydrogens is 864 g/mol. The van der Waals surface area contributed by atoms with Gasteiger partial charge in [0, 0.05) is 6.42 Å². The zero-order valence-corrected chi connectivity index (χ0v) is 45.7. The molecule has 0 aliphatic rings. The van der Waals surface area contributed by atoms with Crippen LogP contribution in [0.15, 0.2) is 85.1 Å². The maximum absolute atomic E-state index is 13.0. The van der Waals surface area contributed by atoms with E-state index < -0.39 is 26.6 Å². The molecule has 0 saturated carbocycles. The van der Waals surface area contributed by atoms with Gasteiger partial charge >= 0.3 is 0 Å². The number of amides is 1. The van der Waals surface area contributed by atoms with Crippen molar-refractivity contribution >= 4 is 13.7 Å². The SMILES string of the molecule is CC/C=C\C/C=C\C/C=C\C/C=C\CCCCCCCCCCCCCCCCC(=O)NC(COP(=O)([O-])OCC[N+](C)(C)C)C(O)/C=C/CC/C=C/CC/C=C/CCCCCCCCCCC. The molecule has 0 bridgehead atoms. The summed E-state index contributed by atoms with van der Waals surface area (Å²) in [7, 11) is 1.23. The number of aliphatic hydroxyl groups is 1. The molecule has 0 spiro atoms. The van der Waals surface area contributed by atoms with Crippen LogP contribution in [0.2, 0.25) is 0 Å². The number of rotatable bonds is 50. The molecule has 0 heterocycles. The van der Waals surface area contributed by atoms with Gasteiger partial charge in [-0.3, -0.25) is 9.36 Å². The van der Waals surface area contributed by atoms with Crippen LogP contribution in [0.1, 0.15) is 232 Å². The summed E-state index contributed by atoms with van der Waals surface area (Å²) < 4.78 is 23.3. The van der Waals surface area contributed by atoms with Crippen LogP contribution in [0, 0.1) is 0 Å². The first kappa shape index (κ1) is 65.7. The highest BCUT2D eigenvalue weighted by molar-refractivity contribution is 7.45. The number of unbranched alkanes of at least 4 members (excludes halogenated alkanes) is 25. The number of nitrogens with zero attached hydrogens (tertiary/aromatic N) is 1. The molecular formula is C59H107N2O6P. The van der Waals surface area contributed by atoms with Crippen LogP contribution in [-0.2, 0) is 18.4 Å². The van der Waals surface area contributed by atoms with Gasteiger partial charge in [0.25, 0.3) is 7.82 Å². The summed E-state index contributed by atoms with van der Waals surface area (Å²) in [4.78, 5) is 25.5. The number of phosphoric ester groups is 1. The van der Waals surface area contributed by atoms with Crippen LogP contribution in [-0.4, -0.2) is 68.5 Å². The third-order valence-corrected chi connectivity index (χ3v) is 13.0. The monoisotopic (exact) mass is 971 g/mol. The van der Waals surface area contributed by atoms with Gasteiger partial charge in [0.1, 0.15) is 13.2 Å². The first-order valence-electron chi connectivity index (χ1n) is 27.9. The van der Waals surface area contributed by atoms with E-state index in [0.29, 0.717) is 17.4 Å². The first-order valence-corrected chi connectivity index (χ1v) is 29.4. The molecule has 0 radical (unpaired) electrons. The van der Waals surface area contributed by atoms with Gasteiger partial charge in [-0.25, -0.2) is 0 Å². The van der Waals surface area contributed by atoms with Crippen molar-refractivity contribution in [3.63, 3.8) is 0 Å². The Bertz CT molecular complexity index is 1380. The minimum absolute atomic E-state index is 0.0120. The molecule has 0 aromatic heterocycles. The second-order valence-electron chi connectivity index (χ2n) is 19.9. The van der Waals surface area contributed by atoms with Crippen molar-refractivity contribution in [3.05, 3.63) is 85.1 Å². The van der Waals surface area contributed by atoms with Crippen LogP contribution in [0.5, 0.6) is 0 Å². The molecule has 0 aliphatic carbocycles. The minimum Gasteiger partial charge on any atom is -0.756 e. The zero-order chi connectivity index (χ0) is 49.9. The highest BCUT2D eigenvalue weighted by Crippen LogP contribution is 2.38. The van der Waals surface area contributed by atoms with Gasteiger partial charge in [-0.05, 0) is 83.5 Å². The highest BCUT2D eigenvalue weighted by atomic mass is 31.2. The van der Waals surface area contributed by atoms with Gasteiger partial charge in [0.2, 0.25) is 5.91 Å². The minimum atomic E-state index is -4.61. The number of hydrogen-bond acceptors (Lipinski definition) is 6. The molecule has 3 unspecified atom stereocenters. The molecule has 0 rings (SSSR count). The number of carbonyl (C=O) groups is 1. The summed E-state index contributed by atoms with van der Waals surface area (Å²) >= 11 is 0. The highest BCUT2D eigenvalue weighted by Gasteiger charge is 2.23. The molecule has 0 aromatic carbocycles. The van der Waals surface area contributed by atoms with Crippen LogP contribution >= 0.6 is 7.82 Å². The Balaban J connectivity index is 4.27. The molecule has 0 aromatic rings. The summed E-state index contributed by atoms with van der Waals surface area (Å²) in [5, 5.41) is 13.8. The molecule has 0 aliphatic heterocycles. The van der Waals surface area contributed by atoms with Crippen LogP contribution < -0.4 is 10.2 Å². The summed E-state index contributed by atoms with van der Waals surface area (Å²) in [6.07, 6.45) is 69.4. The number of phosphoric acid groups is 1. The Kier molecular flexibility index (Phi) is 48.0. The lowest BCUT2D eigenvalue weighted by molar-refractivity contribution is -0.870. The molecule has 394 valence electrons. The van der Waals surface area contributed by atoms with E-state index in [1.165, 1.54) is 141 Å². The average molecular weight is 971 g/mol. The molecule has 0 saturated heterocycles. The first-order chi connectivity index (χ1) is 33.0. The van der Waals surface area contributed by atoms with E-state index in [2.05, 4.69) is 92.1 Å². The number of hydrogen-bond donors (Lipinski definition) is 2. The number of quaternary nitrogens is 1. The Morgan fingerprint density at radius 2 is 0.912 bits per heavy atom. The number of aliphatic hydroxyl groups excluding tert-OH is 1. The molecule has 2 N–H and O–H groups in total. The lowest BCUT2D eigenvalue weighted by atomic mass is 10.0. The van der Waals surface area contributed by atoms with Crippen LogP contribution in [0.25, 0.3) is 0 Å². The molecule has 3 atom stereocenters. The van der Waals surface area contributed by atoms with Gasteiger partial charge in [0.05, 0.1) is 39.9 Å². The van der Waals surface area contributed by atoms with Crippen molar-refractivity contribution in [1.82, 2.24) is 5.32 Å². The van der Waals surface area contributed by atoms with Gasteiger partial charge < -0.3 is 28.8 Å². The third-order valence-electron chi connectivity index (χ3n) is 12.1. The summed E-state index contributed by atoms with van der Waals surface area (Å²) in [5.41, 5.74) is 0. The van der Waals surface area contributed by atoms with Crippen molar-refractivity contribution in [3.8, 4) is 0 Å². The van der Waals surface area contributed by atoms with E-state index in [1.807, 2.05) is 27.2 Å². The van der Waals surface area contributed by atoms with Gasteiger partial charge in [0.15, 0.2) is 0 Å². The van der Waals surface area contributed by atoms with E-state index >= 15 is 0 Å². The van der Waals surface area contributed by atoms with Crippen molar-refractivity contribution in [2.45, 2.75) is 244 Å². The maximum atomic E-state index is 13.0. The summed E-state index contributed by atoms with van der Waals surface area (Å²) in [6, 6.07) is -0.914. The molecule has 9 heteroatoms. The quantitative estimate of drug-likeness (QED) is 0.0272. The van der Waals surface area contributed by atoms with Crippen LogP contribution in [0.4, 0.5) is 0 Å². The lowest BCUT2D eigenvalue weighted by Crippen LogP contribution is -2.45. The Hall–Kier alpha value is -2.32. The second kappa shape index (κ2) is 49.7. The smallest absolute Gasteiger partial charge is 0.268 e. The molecule has 8 nitrogen and oxygen atoms in total. The van der Waals surface area contributed by atoms with E-state index in [1.54, 1.807) is 6.08 Å². The molecule has 1 amide bonds. The summed E-state index contributed by atoms with van der Waals surface area (Å²) in [5.74, 6) is -0.214. The number of carbonyl (C=O) groups excluding carboxylic acids is 1. The van der Waals surface area contributed by atoms with E-state index in [-0.39, 0.29) is 12.5 Å². The van der Waals surface area contributed by atoms with Gasteiger partial charge in [-0.1, -0.05) is 227 Å². The lowest BCUT2D eigenvalue weighted by Gasteiger charge is -2.29. The Morgan fingerprint density at radius 1 is 0.529 bits per heavy atom. The fourth-order valence-corrected chi connectivity index (χ4v) is 8.43. The number of likely N-dealkylation sites (N-methyl/N-ethyl adjacent to an activating group) is 1. The maximum Gasteiger partial charge on any atom is 0.268 e. The van der Waals surface area contributed by atoms with Crippen molar-refractivity contribution in [2.75, 3.05) is 40.9 Å². The van der Waals surface area contributed by atoms with E-state index in [9.17, 15) is 19.4 Å². The Morgan fingerprint density at radius 3 is 1.37 bits per heavy atom. The zero-order valence-electron chi connectivity index (χ0n) is 44.8. The average Bonchev–Trinajstić information content (AvgIpc) is 3.30. The van der Waals surface area contributed by atoms with E-state index in [4.69, 9.17) is 9.05 Å². The fraction of sp³-hybridized carbons (Fsp3) is 0.746. The largest absolute Gasteiger partial charge is 0.756 e. The fourth-order valence-electron chi connectivity index (χ4n) is 7.71. The summed E-state index contributed by atoms with van der Waals surface area (Å²) in [6.45, 7) is 4.51. The van der Waals surface area contributed by atoms with Crippen molar-refractivity contribution in [1.29, 1.82) is 0 Å². The third kappa shape index (κ3) is 51.5. The predicted octanol–water partition coefficient (Wildman–Crippen LogP) is 16.2. The number of allylic oxidation sites excluding steroid dienone is 13. The molecule has 0 fully saturated rings. The van der Waals surface area contributed by atoms with Crippen LogP contribution in [0.3, 0.4) is 0 Å². The van der Waals surface area contributed by atoms with Crippen molar-refractivity contribution in [2.24, 2.45) is 0 Å². The van der Waals surface area contributed by atoms with Gasteiger partial charge in [-0.2, -0.15) is 0 Å². The van der Waals surface area contributed by atoms with E-state index in [0.717, 1.165) is 70.6 Å². The molecule has 68 heavy (non-hydrogen) atoms. The topological polar surface area (TPSA) is 108 Å². The second-order valence-corrected chi connectivity index (χ2v) is 21.3. The number of nitrogens with one attached hydrogen (secondary N) is 1. The van der Waals surface area contributed by atoms with Crippen molar-refractivity contribution < 1.29 is 32.9 Å².